The molecule has 18 atom stereocenters. The molecular weight excluding hydrogens is 915 g/mol. The van der Waals surface area contributed by atoms with E-state index in [1.165, 1.54) is 37.7 Å². The number of carbonyl (C=O) groups is 4. The Kier molecular flexibility index (Phi) is 18.7. The predicted molar refractivity (Wildman–Crippen MR) is 293 cm³/mol. The molecule has 12 heteroatoms. The number of likely N-dealkylation sites (N-methyl/N-ethyl adjacent to an activating group) is 2. The maximum atomic E-state index is 14.7. The van der Waals surface area contributed by atoms with E-state index in [0.29, 0.717) is 42.7 Å². The average molecular weight is 1020 g/mol. The van der Waals surface area contributed by atoms with Gasteiger partial charge in [-0.05, 0) is 172 Å². The molecule has 5 aliphatic carbocycles. The van der Waals surface area contributed by atoms with Gasteiger partial charge in [-0.2, -0.15) is 0 Å². The van der Waals surface area contributed by atoms with Gasteiger partial charge in [-0.1, -0.05) is 102 Å². The molecule has 1 aliphatic heterocycles. The molecule has 6 rings (SSSR count). The molecule has 3 N–H and O–H groups in total. The van der Waals surface area contributed by atoms with Crippen LogP contribution in [0.15, 0.2) is 12.2 Å². The maximum absolute atomic E-state index is 14.7. The minimum Gasteiger partial charge on any atom is -0.393 e. The van der Waals surface area contributed by atoms with Crippen molar-refractivity contribution in [1.29, 1.82) is 0 Å². The zero-order valence-corrected chi connectivity index (χ0v) is 49.5. The number of aliphatic hydroxyl groups is 1. The summed E-state index contributed by atoms with van der Waals surface area (Å²) in [6.07, 6.45) is 12.5. The van der Waals surface area contributed by atoms with Crippen molar-refractivity contribution in [2.24, 2.45) is 80.3 Å². The molecule has 0 aromatic carbocycles. The van der Waals surface area contributed by atoms with Gasteiger partial charge in [0.2, 0.25) is 23.6 Å². The number of fused-ring (bicyclic) bond motifs is 7. The van der Waals surface area contributed by atoms with E-state index >= 15 is 0 Å². The number of amides is 4. The second-order valence-electron chi connectivity index (χ2n) is 27.6. The van der Waals surface area contributed by atoms with E-state index in [-0.39, 0.29) is 93.1 Å². The van der Waals surface area contributed by atoms with Crippen LogP contribution in [0.2, 0.25) is 0 Å². The largest absolute Gasteiger partial charge is 0.393 e. The predicted octanol–water partition coefficient (Wildman–Crippen LogP) is 9.77. The summed E-state index contributed by atoms with van der Waals surface area (Å²) in [5.41, 5.74) is 1.85. The van der Waals surface area contributed by atoms with Crippen LogP contribution in [-0.4, -0.2) is 134 Å². The van der Waals surface area contributed by atoms with Gasteiger partial charge in [-0.25, -0.2) is 0 Å². The normalized spacial score (nSPS) is 36.7. The van der Waals surface area contributed by atoms with Crippen LogP contribution in [0.3, 0.4) is 0 Å². The number of hydrogen-bond donors (Lipinski definition) is 3. The highest BCUT2D eigenvalue weighted by Gasteiger charge is 2.71. The lowest BCUT2D eigenvalue weighted by atomic mass is 9.32. The molecule has 0 aromatic heterocycles. The Bertz CT molecular complexity index is 1970. The van der Waals surface area contributed by atoms with Crippen molar-refractivity contribution in [3.8, 4) is 0 Å². The molecule has 12 nitrogen and oxygen atoms in total. The van der Waals surface area contributed by atoms with Crippen LogP contribution in [0.25, 0.3) is 0 Å². The number of methoxy groups -OCH3 is 2. The molecule has 1 heterocycles. The summed E-state index contributed by atoms with van der Waals surface area (Å²) in [4.78, 5) is 63.0. The number of nitrogens with zero attached hydrogens (tertiary/aromatic N) is 3. The lowest BCUT2D eigenvalue weighted by molar-refractivity contribution is -0.247. The molecule has 4 amide bonds. The SMILES string of the molecule is C=C(C)[C@@H]1CC[C@]2(CNC(=O)[C@H](C)[C@@H](OC)C3CCCN3C(=O)C[C@@H](OC)[C@H]([C@@H](C)CC)N(C)C(=O)C(NC(=O)C(C(C)C)N(C)C)C(C)C)CC[C@]3(C)C(CCC4[C@@]5(C)CC[C@H](O)C(C)(C)C5CC[C@]43C)C12. The zero-order valence-electron chi connectivity index (χ0n) is 49.5. The van der Waals surface area contributed by atoms with E-state index in [4.69, 9.17) is 9.47 Å². The van der Waals surface area contributed by atoms with Gasteiger partial charge >= 0.3 is 0 Å². The lowest BCUT2D eigenvalue weighted by Crippen LogP contribution is -2.67. The number of allylic oxidation sites excluding steroid dienone is 1. The van der Waals surface area contributed by atoms with Crippen LogP contribution in [0.1, 0.15) is 180 Å². The molecule has 73 heavy (non-hydrogen) atoms. The standard InChI is InChI=1S/C61H107N5O7/c1-20-39(8)52(65(17)56(71)50(37(4)5)63-55(70)51(38(6)7)64(15)16)44(72-18)34-48(68)66-33-21-22-43(66)53(73-19)40(9)54(69)62-35-61-30-25-41(36(2)3)49(61)42-23-24-46-58(12)28-27-47(67)57(10,11)45(58)26-29-60(46,14)59(42,13)31-32-61/h37-47,49-53,67H,2,20-35H2,1,3-19H3,(H,62,69)(H,63,70)/t39-,40+,41-,42?,43?,44+,45?,46?,47-,49?,50?,51?,52-,53+,58-,59+,60+,61+/m0/s1. The van der Waals surface area contributed by atoms with E-state index in [9.17, 15) is 24.3 Å². The first-order valence-corrected chi connectivity index (χ1v) is 29.2. The number of likely N-dealkylation sites (tertiary alicyclic amines) is 1. The topological polar surface area (TPSA) is 141 Å². The Labute approximate surface area is 444 Å². The van der Waals surface area contributed by atoms with Gasteiger partial charge in [-0.3, -0.25) is 24.1 Å². The van der Waals surface area contributed by atoms with E-state index in [1.807, 2.05) is 58.5 Å². The van der Waals surface area contributed by atoms with Gasteiger partial charge < -0.3 is 35.0 Å². The van der Waals surface area contributed by atoms with E-state index in [2.05, 4.69) is 72.6 Å². The van der Waals surface area contributed by atoms with Crippen molar-refractivity contribution in [2.75, 3.05) is 48.5 Å². The van der Waals surface area contributed by atoms with E-state index < -0.39 is 30.2 Å². The first kappa shape index (κ1) is 59.7. The van der Waals surface area contributed by atoms with Crippen molar-refractivity contribution >= 4 is 23.6 Å². The molecule has 1 saturated heterocycles. The minimum atomic E-state index is -0.750. The number of hydrogen-bond acceptors (Lipinski definition) is 8. The van der Waals surface area contributed by atoms with E-state index in [1.54, 1.807) is 26.2 Å². The Hall–Kier alpha value is -2.54. The zero-order chi connectivity index (χ0) is 54.5. The molecule has 5 saturated carbocycles. The van der Waals surface area contributed by atoms with Gasteiger partial charge in [0.25, 0.3) is 0 Å². The molecule has 0 spiro atoms. The van der Waals surface area contributed by atoms with Crippen molar-refractivity contribution < 1.29 is 33.8 Å². The summed E-state index contributed by atoms with van der Waals surface area (Å²) in [7, 11) is 8.83. The van der Waals surface area contributed by atoms with Crippen molar-refractivity contribution in [1.82, 2.24) is 25.3 Å². The highest BCUT2D eigenvalue weighted by molar-refractivity contribution is 5.90. The average Bonchev–Trinajstić information content (AvgIpc) is 3.97. The molecule has 7 unspecified atom stereocenters. The summed E-state index contributed by atoms with van der Waals surface area (Å²) in [5, 5.41) is 17.9. The molecule has 6 fully saturated rings. The smallest absolute Gasteiger partial charge is 0.245 e. The second-order valence-corrected chi connectivity index (χ2v) is 27.6. The molecule has 0 aromatic rings. The number of ether oxygens (including phenoxy) is 2. The fraction of sp³-hybridized carbons (Fsp3) is 0.902. The number of aliphatic hydroxyl groups excluding tert-OH is 1. The highest BCUT2D eigenvalue weighted by Crippen LogP contribution is 2.77. The first-order chi connectivity index (χ1) is 34.0. The molecule has 0 bridgehead atoms. The van der Waals surface area contributed by atoms with Gasteiger partial charge in [0, 0.05) is 34.4 Å². The summed E-state index contributed by atoms with van der Waals surface area (Å²) < 4.78 is 12.4. The fourth-order valence-corrected chi connectivity index (χ4v) is 18.4. The van der Waals surface area contributed by atoms with Crippen molar-refractivity contribution in [2.45, 2.75) is 222 Å². The Morgan fingerprint density at radius 3 is 2.04 bits per heavy atom. The van der Waals surface area contributed by atoms with Crippen molar-refractivity contribution in [3.63, 3.8) is 0 Å². The summed E-state index contributed by atoms with van der Waals surface area (Å²) in [5.74, 6) is 1.56. The van der Waals surface area contributed by atoms with Crippen LogP contribution in [0, 0.1) is 80.3 Å². The summed E-state index contributed by atoms with van der Waals surface area (Å²) in [6.45, 7) is 34.8. The maximum Gasteiger partial charge on any atom is 0.245 e. The van der Waals surface area contributed by atoms with Gasteiger partial charge in [0.1, 0.15) is 6.04 Å². The third-order valence-electron chi connectivity index (χ3n) is 22.8. The summed E-state index contributed by atoms with van der Waals surface area (Å²) >= 11 is 0. The lowest BCUT2D eigenvalue weighted by Gasteiger charge is -2.73. The van der Waals surface area contributed by atoms with Crippen LogP contribution in [-0.2, 0) is 28.7 Å². The van der Waals surface area contributed by atoms with E-state index in [0.717, 1.165) is 51.4 Å². The molecule has 418 valence electrons. The number of carbonyl (C=O) groups excluding carboxylic acids is 4. The van der Waals surface area contributed by atoms with Crippen LogP contribution < -0.4 is 10.6 Å². The summed E-state index contributed by atoms with van der Waals surface area (Å²) in [6, 6.07) is -1.85. The second kappa shape index (κ2) is 22.8. The monoisotopic (exact) mass is 1020 g/mol. The third kappa shape index (κ3) is 10.6. The van der Waals surface area contributed by atoms with Gasteiger partial charge in [0.05, 0.1) is 48.8 Å². The Morgan fingerprint density at radius 1 is 0.795 bits per heavy atom. The number of nitrogens with one attached hydrogen (secondary N) is 2. The molecule has 0 radical (unpaired) electrons. The first-order valence-electron chi connectivity index (χ1n) is 29.2. The van der Waals surface area contributed by atoms with Crippen LogP contribution in [0.5, 0.6) is 0 Å². The molecular formula is C61H107N5O7. The Morgan fingerprint density at radius 2 is 1.47 bits per heavy atom. The van der Waals surface area contributed by atoms with Gasteiger partial charge in [0.15, 0.2) is 0 Å². The van der Waals surface area contributed by atoms with Crippen molar-refractivity contribution in [3.05, 3.63) is 12.2 Å². The van der Waals surface area contributed by atoms with Crippen LogP contribution in [0.4, 0.5) is 0 Å². The quantitative estimate of drug-likeness (QED) is 0.103. The molecule has 6 aliphatic rings. The number of rotatable bonds is 20. The van der Waals surface area contributed by atoms with Crippen LogP contribution >= 0.6 is 0 Å². The Balaban J connectivity index is 1.15. The minimum absolute atomic E-state index is 0.00171. The fourth-order valence-electron chi connectivity index (χ4n) is 18.4. The van der Waals surface area contributed by atoms with Gasteiger partial charge in [-0.15, -0.1) is 0 Å². The third-order valence-corrected chi connectivity index (χ3v) is 22.8. The highest BCUT2D eigenvalue weighted by atomic mass is 16.5.